The summed E-state index contributed by atoms with van der Waals surface area (Å²) in [5.74, 6) is 0.153. The van der Waals surface area contributed by atoms with Gasteiger partial charge in [-0.1, -0.05) is 13.8 Å². The summed E-state index contributed by atoms with van der Waals surface area (Å²) in [4.78, 5) is 13.0. The Labute approximate surface area is 191 Å². The number of carbonyl (C=O) groups is 1. The van der Waals surface area contributed by atoms with Crippen LogP contribution in [0.5, 0.6) is 0 Å². The van der Waals surface area contributed by atoms with E-state index in [0.717, 1.165) is 6.42 Å². The molecule has 1 aromatic rings. The molecule has 2 heterocycles. The lowest BCUT2D eigenvalue weighted by Gasteiger charge is -2.37. The van der Waals surface area contributed by atoms with Crippen LogP contribution in [0.2, 0.25) is 0 Å². The highest BCUT2D eigenvalue weighted by Crippen LogP contribution is 2.64. The van der Waals surface area contributed by atoms with Gasteiger partial charge < -0.3 is 0 Å². The second-order valence-electron chi connectivity index (χ2n) is 10.2. The first-order valence-corrected chi connectivity index (χ1v) is 14.3. The Morgan fingerprint density at radius 3 is 2.19 bits per heavy atom. The van der Waals surface area contributed by atoms with E-state index >= 15 is 0 Å². The molecule has 2 bridgehead atoms. The highest BCUT2D eigenvalue weighted by molar-refractivity contribution is 7.89. The van der Waals surface area contributed by atoms with Crippen LogP contribution in [0.3, 0.4) is 0 Å². The highest BCUT2D eigenvalue weighted by Gasteiger charge is 2.65. The van der Waals surface area contributed by atoms with Gasteiger partial charge in [-0.3, -0.25) is 9.48 Å². The van der Waals surface area contributed by atoms with Gasteiger partial charge in [0.1, 0.15) is 10.7 Å². The number of aromatic nitrogens is 2. The molecule has 1 saturated heterocycles. The van der Waals surface area contributed by atoms with Crippen LogP contribution in [-0.4, -0.2) is 72.9 Å². The molecular formula is C21H34N4O5S2. The SMILES string of the molecule is Cc1nn(C)c(C)c1S(=O)(=O)N1CCCN(S(=O)(=O)CC23CCC(CC2=O)C3(C)C)CC1. The number of carbonyl (C=O) groups excluding carboxylic acids is 1. The van der Waals surface area contributed by atoms with Crippen molar-refractivity contribution in [3.05, 3.63) is 11.4 Å². The molecule has 0 radical (unpaired) electrons. The Balaban J connectivity index is 1.54. The Bertz CT molecular complexity index is 1160. The summed E-state index contributed by atoms with van der Waals surface area (Å²) < 4.78 is 57.8. The van der Waals surface area contributed by atoms with Gasteiger partial charge in [0.2, 0.25) is 20.0 Å². The van der Waals surface area contributed by atoms with Crippen LogP contribution in [-0.2, 0) is 31.9 Å². The number of hydrogen-bond acceptors (Lipinski definition) is 6. The van der Waals surface area contributed by atoms with Crippen LogP contribution in [0, 0.1) is 30.6 Å². The molecule has 4 rings (SSSR count). The van der Waals surface area contributed by atoms with E-state index in [1.54, 1.807) is 25.6 Å². The molecule has 0 aromatic carbocycles. The monoisotopic (exact) mass is 486 g/mol. The third-order valence-electron chi connectivity index (χ3n) is 8.42. The van der Waals surface area contributed by atoms with Crippen LogP contribution in [0.15, 0.2) is 4.90 Å². The van der Waals surface area contributed by atoms with Crippen molar-refractivity contribution in [2.75, 3.05) is 31.9 Å². The predicted octanol–water partition coefficient (Wildman–Crippen LogP) is 1.46. The minimum atomic E-state index is -3.78. The number of Topliss-reactive ketones (excluding diaryl/α,β-unsaturated/α-hetero) is 1. The van der Waals surface area contributed by atoms with Crippen molar-refractivity contribution < 1.29 is 21.6 Å². The van der Waals surface area contributed by atoms with E-state index in [4.69, 9.17) is 0 Å². The summed E-state index contributed by atoms with van der Waals surface area (Å²) in [5, 5.41) is 4.22. The van der Waals surface area contributed by atoms with Crippen LogP contribution in [0.1, 0.15) is 50.9 Å². The maximum atomic E-state index is 13.4. The number of ketones is 1. The van der Waals surface area contributed by atoms with Gasteiger partial charge in [-0.15, -0.1) is 0 Å². The Morgan fingerprint density at radius 2 is 1.66 bits per heavy atom. The summed E-state index contributed by atoms with van der Waals surface area (Å²) in [6, 6.07) is 0. The average molecular weight is 487 g/mol. The molecule has 2 saturated carbocycles. The molecule has 3 fully saturated rings. The van der Waals surface area contributed by atoms with Crippen molar-refractivity contribution in [1.82, 2.24) is 18.4 Å². The largest absolute Gasteiger partial charge is 0.299 e. The van der Waals surface area contributed by atoms with Crippen molar-refractivity contribution in [2.45, 2.75) is 58.3 Å². The zero-order valence-corrected chi connectivity index (χ0v) is 21.2. The van der Waals surface area contributed by atoms with E-state index in [9.17, 15) is 21.6 Å². The van der Waals surface area contributed by atoms with Gasteiger partial charge in [0.25, 0.3) is 0 Å². The number of fused-ring (bicyclic) bond motifs is 2. The standard InChI is InChI=1S/C21H34N4O5S2/c1-15-19(16(2)23(5)22-15)32(29,30)25-10-6-9-24(11-12-25)31(27,28)14-21-8-7-17(13-18(21)26)20(21,3)4/h17H,6-14H2,1-5H3. The topological polar surface area (TPSA) is 110 Å². The summed E-state index contributed by atoms with van der Waals surface area (Å²) in [6.07, 6.45) is 2.39. The zero-order chi connectivity index (χ0) is 23.7. The lowest BCUT2D eigenvalue weighted by Crippen LogP contribution is -2.47. The Morgan fingerprint density at radius 1 is 1.03 bits per heavy atom. The molecule has 1 aliphatic heterocycles. The van der Waals surface area contributed by atoms with Crippen LogP contribution in [0.4, 0.5) is 0 Å². The van der Waals surface area contributed by atoms with E-state index in [1.807, 2.05) is 13.8 Å². The lowest BCUT2D eigenvalue weighted by molar-refractivity contribution is -0.128. The van der Waals surface area contributed by atoms with Gasteiger partial charge in [-0.2, -0.15) is 9.40 Å². The van der Waals surface area contributed by atoms with Gasteiger partial charge in [-0.05, 0) is 44.4 Å². The fraction of sp³-hybridized carbons (Fsp3) is 0.810. The number of rotatable bonds is 5. The van der Waals surface area contributed by atoms with Crippen LogP contribution in [0.25, 0.3) is 0 Å². The van der Waals surface area contributed by atoms with E-state index < -0.39 is 25.5 Å². The maximum absolute atomic E-state index is 13.4. The summed E-state index contributed by atoms with van der Waals surface area (Å²) >= 11 is 0. The van der Waals surface area contributed by atoms with Crippen molar-refractivity contribution in [3.63, 3.8) is 0 Å². The van der Waals surface area contributed by atoms with Crippen molar-refractivity contribution in [3.8, 4) is 0 Å². The van der Waals surface area contributed by atoms with Crippen molar-refractivity contribution in [1.29, 1.82) is 0 Å². The van der Waals surface area contributed by atoms with Crippen LogP contribution < -0.4 is 0 Å². The number of aryl methyl sites for hydroxylation is 2. The fourth-order valence-electron chi connectivity index (χ4n) is 6.16. The second kappa shape index (κ2) is 7.61. The normalized spacial score (nSPS) is 29.5. The molecule has 0 spiro atoms. The summed E-state index contributed by atoms with van der Waals surface area (Å²) in [6.45, 7) is 8.13. The molecule has 32 heavy (non-hydrogen) atoms. The average Bonchev–Trinajstić information content (AvgIpc) is 3.04. The van der Waals surface area contributed by atoms with Gasteiger partial charge in [0.05, 0.1) is 17.1 Å². The van der Waals surface area contributed by atoms with E-state index in [-0.39, 0.29) is 53.9 Å². The summed E-state index contributed by atoms with van der Waals surface area (Å²) in [5.41, 5.74) is -0.143. The molecule has 0 N–H and O–H groups in total. The molecule has 3 aliphatic rings. The molecule has 2 atom stereocenters. The molecule has 180 valence electrons. The first-order valence-electron chi connectivity index (χ1n) is 11.3. The van der Waals surface area contributed by atoms with E-state index in [1.165, 1.54) is 8.61 Å². The minimum absolute atomic E-state index is 0.0730. The molecule has 9 nitrogen and oxygen atoms in total. The summed E-state index contributed by atoms with van der Waals surface area (Å²) in [7, 11) is -5.78. The van der Waals surface area contributed by atoms with Crippen molar-refractivity contribution in [2.24, 2.45) is 23.8 Å². The Kier molecular flexibility index (Phi) is 5.67. The van der Waals surface area contributed by atoms with Crippen molar-refractivity contribution >= 4 is 25.8 Å². The lowest BCUT2D eigenvalue weighted by atomic mass is 9.70. The van der Waals surface area contributed by atoms with E-state index in [2.05, 4.69) is 5.10 Å². The fourth-order valence-corrected chi connectivity index (χ4v) is 10.3. The van der Waals surface area contributed by atoms with Gasteiger partial charge in [-0.25, -0.2) is 21.1 Å². The molecule has 1 aromatic heterocycles. The molecule has 2 aliphatic carbocycles. The first-order chi connectivity index (χ1) is 14.7. The highest BCUT2D eigenvalue weighted by atomic mass is 32.2. The maximum Gasteiger partial charge on any atom is 0.246 e. The molecular weight excluding hydrogens is 452 g/mol. The predicted molar refractivity (Wildman–Crippen MR) is 120 cm³/mol. The molecule has 0 amide bonds. The quantitative estimate of drug-likeness (QED) is 0.623. The minimum Gasteiger partial charge on any atom is -0.299 e. The third-order valence-corrected chi connectivity index (χ3v) is 12.6. The first kappa shape index (κ1) is 23.8. The number of sulfonamides is 2. The second-order valence-corrected chi connectivity index (χ2v) is 14.0. The Hall–Kier alpha value is -1.30. The van der Waals surface area contributed by atoms with Crippen LogP contribution >= 0.6 is 0 Å². The zero-order valence-electron chi connectivity index (χ0n) is 19.6. The molecule has 11 heteroatoms. The third kappa shape index (κ3) is 3.38. The smallest absolute Gasteiger partial charge is 0.246 e. The number of nitrogens with zero attached hydrogens (tertiary/aromatic N) is 4. The number of hydrogen-bond donors (Lipinski definition) is 0. The van der Waals surface area contributed by atoms with Gasteiger partial charge >= 0.3 is 0 Å². The molecule has 2 unspecified atom stereocenters. The van der Waals surface area contributed by atoms with Gasteiger partial charge in [0, 0.05) is 45.1 Å². The van der Waals surface area contributed by atoms with Gasteiger partial charge in [0.15, 0.2) is 0 Å². The van der Waals surface area contributed by atoms with E-state index in [0.29, 0.717) is 30.7 Å².